The summed E-state index contributed by atoms with van der Waals surface area (Å²) in [6.45, 7) is 6.32. The predicted molar refractivity (Wildman–Crippen MR) is 74.5 cm³/mol. The van der Waals surface area contributed by atoms with Gasteiger partial charge in [0, 0.05) is 19.6 Å². The van der Waals surface area contributed by atoms with E-state index in [0.29, 0.717) is 12.5 Å². The summed E-state index contributed by atoms with van der Waals surface area (Å²) < 4.78 is 0. The molecule has 1 heterocycles. The maximum Gasteiger partial charge on any atom is 0.0797 e. The Labute approximate surface area is 111 Å². The molecule has 1 saturated heterocycles. The summed E-state index contributed by atoms with van der Waals surface area (Å²) in [5.41, 5.74) is 5.17. The van der Waals surface area contributed by atoms with E-state index in [1.807, 2.05) is 0 Å². The smallest absolute Gasteiger partial charge is 0.0797 e. The van der Waals surface area contributed by atoms with Gasteiger partial charge in [-0.1, -0.05) is 6.42 Å². The largest absolute Gasteiger partial charge is 0.388 e. The van der Waals surface area contributed by atoms with Crippen LogP contribution in [0.2, 0.25) is 0 Å². The zero-order valence-electron chi connectivity index (χ0n) is 11.8. The van der Waals surface area contributed by atoms with Crippen molar-refractivity contribution in [2.75, 3.05) is 46.3 Å². The maximum absolute atomic E-state index is 10.4. The topological polar surface area (TPSA) is 52.7 Å². The summed E-state index contributed by atoms with van der Waals surface area (Å²) in [4.78, 5) is 4.96. The average molecular weight is 255 g/mol. The molecule has 2 unspecified atom stereocenters. The van der Waals surface area contributed by atoms with Gasteiger partial charge in [0.05, 0.1) is 5.60 Å². The lowest BCUT2D eigenvalue weighted by Crippen LogP contribution is -2.42. The minimum Gasteiger partial charge on any atom is -0.388 e. The van der Waals surface area contributed by atoms with Crippen LogP contribution in [-0.4, -0.2) is 66.8 Å². The van der Waals surface area contributed by atoms with Crippen molar-refractivity contribution in [1.29, 1.82) is 0 Å². The molecular formula is C14H29N3O. The van der Waals surface area contributed by atoms with Gasteiger partial charge in [0.1, 0.15) is 0 Å². The highest BCUT2D eigenvalue weighted by Crippen LogP contribution is 2.37. The minimum atomic E-state index is -0.567. The van der Waals surface area contributed by atoms with Gasteiger partial charge in [-0.05, 0) is 58.3 Å². The van der Waals surface area contributed by atoms with Crippen molar-refractivity contribution < 1.29 is 5.11 Å². The van der Waals surface area contributed by atoms with Crippen molar-refractivity contribution in [3.63, 3.8) is 0 Å². The monoisotopic (exact) mass is 255 g/mol. The molecule has 18 heavy (non-hydrogen) atoms. The first-order chi connectivity index (χ1) is 8.64. The first kappa shape index (κ1) is 14.3. The zero-order chi connectivity index (χ0) is 13.0. The van der Waals surface area contributed by atoms with Gasteiger partial charge in [0.25, 0.3) is 0 Å². The van der Waals surface area contributed by atoms with Crippen LogP contribution in [-0.2, 0) is 0 Å². The Morgan fingerprint density at radius 3 is 2.83 bits per heavy atom. The van der Waals surface area contributed by atoms with Crippen molar-refractivity contribution in [1.82, 2.24) is 9.80 Å². The minimum absolute atomic E-state index is 0.420. The predicted octanol–water partition coefficient (Wildman–Crippen LogP) is 0.504. The number of aliphatic hydroxyl groups is 1. The van der Waals surface area contributed by atoms with E-state index in [-0.39, 0.29) is 0 Å². The van der Waals surface area contributed by atoms with E-state index in [2.05, 4.69) is 16.8 Å². The lowest BCUT2D eigenvalue weighted by Gasteiger charge is -2.30. The molecule has 106 valence electrons. The van der Waals surface area contributed by atoms with E-state index in [1.54, 1.807) is 0 Å². The van der Waals surface area contributed by atoms with E-state index in [1.165, 1.54) is 32.6 Å². The van der Waals surface area contributed by atoms with E-state index in [4.69, 9.17) is 5.73 Å². The third kappa shape index (κ3) is 3.44. The Bertz CT molecular complexity index is 261. The third-order valence-corrected chi connectivity index (χ3v) is 4.88. The molecule has 4 nitrogen and oxygen atoms in total. The molecule has 0 aromatic heterocycles. The molecule has 4 heteroatoms. The molecular weight excluding hydrogens is 226 g/mol. The first-order valence-corrected chi connectivity index (χ1v) is 7.47. The quantitative estimate of drug-likeness (QED) is 0.768. The fraction of sp³-hybridized carbons (Fsp3) is 1.00. The van der Waals surface area contributed by atoms with Crippen molar-refractivity contribution in [3.05, 3.63) is 0 Å². The first-order valence-electron chi connectivity index (χ1n) is 7.47. The van der Waals surface area contributed by atoms with Crippen LogP contribution in [0.1, 0.15) is 32.1 Å². The molecule has 0 aromatic carbocycles. The fourth-order valence-corrected chi connectivity index (χ4v) is 3.47. The molecule has 1 aliphatic heterocycles. The highest BCUT2D eigenvalue weighted by atomic mass is 16.3. The van der Waals surface area contributed by atoms with Gasteiger partial charge >= 0.3 is 0 Å². The Hall–Kier alpha value is -0.160. The summed E-state index contributed by atoms with van der Waals surface area (Å²) in [5.74, 6) is 0.420. The molecule has 0 amide bonds. The van der Waals surface area contributed by atoms with Crippen LogP contribution in [0.15, 0.2) is 0 Å². The van der Waals surface area contributed by atoms with Crippen molar-refractivity contribution in [2.24, 2.45) is 11.7 Å². The number of hydrogen-bond donors (Lipinski definition) is 2. The Morgan fingerprint density at radius 2 is 2.06 bits per heavy atom. The van der Waals surface area contributed by atoms with Gasteiger partial charge in [0.15, 0.2) is 0 Å². The zero-order valence-corrected chi connectivity index (χ0v) is 11.8. The van der Waals surface area contributed by atoms with Crippen LogP contribution >= 0.6 is 0 Å². The molecule has 2 atom stereocenters. The molecule has 2 rings (SSSR count). The Balaban J connectivity index is 1.77. The SMILES string of the molecule is CN1CCCN(CCC2CCCC2(O)CN)CC1. The van der Waals surface area contributed by atoms with Crippen LogP contribution in [0, 0.1) is 5.92 Å². The molecule has 1 aliphatic carbocycles. The van der Waals surface area contributed by atoms with Crippen molar-refractivity contribution in [3.8, 4) is 0 Å². The van der Waals surface area contributed by atoms with Crippen LogP contribution in [0.3, 0.4) is 0 Å². The van der Waals surface area contributed by atoms with Crippen LogP contribution in [0.4, 0.5) is 0 Å². The van der Waals surface area contributed by atoms with Crippen molar-refractivity contribution >= 4 is 0 Å². The number of nitrogens with two attached hydrogens (primary N) is 1. The summed E-state index contributed by atoms with van der Waals surface area (Å²) >= 11 is 0. The highest BCUT2D eigenvalue weighted by Gasteiger charge is 2.39. The fourth-order valence-electron chi connectivity index (χ4n) is 3.47. The van der Waals surface area contributed by atoms with Gasteiger partial charge in [-0.2, -0.15) is 0 Å². The standard InChI is InChI=1S/C14H29N3O/c1-16-7-3-8-17(11-10-16)9-5-13-4-2-6-14(13,18)12-15/h13,18H,2-12,15H2,1H3. The van der Waals surface area contributed by atoms with Gasteiger partial charge in [-0.25, -0.2) is 0 Å². The van der Waals surface area contributed by atoms with E-state index < -0.39 is 5.60 Å². The molecule has 0 radical (unpaired) electrons. The third-order valence-electron chi connectivity index (χ3n) is 4.88. The van der Waals surface area contributed by atoms with Gasteiger partial charge in [-0.3, -0.25) is 0 Å². The van der Waals surface area contributed by atoms with E-state index >= 15 is 0 Å². The van der Waals surface area contributed by atoms with E-state index in [9.17, 15) is 5.11 Å². The summed E-state index contributed by atoms with van der Waals surface area (Å²) in [6.07, 6.45) is 5.57. The lowest BCUT2D eigenvalue weighted by atomic mass is 9.88. The number of rotatable bonds is 4. The Kier molecular flexibility index (Phi) is 5.01. The number of hydrogen-bond acceptors (Lipinski definition) is 4. The summed E-state index contributed by atoms with van der Waals surface area (Å²) in [5, 5.41) is 10.4. The number of likely N-dealkylation sites (N-methyl/N-ethyl adjacent to an activating group) is 1. The Morgan fingerprint density at radius 1 is 1.22 bits per heavy atom. The molecule has 2 fully saturated rings. The molecule has 1 saturated carbocycles. The van der Waals surface area contributed by atoms with Gasteiger partial charge in [0.2, 0.25) is 0 Å². The van der Waals surface area contributed by atoms with Gasteiger partial charge < -0.3 is 20.6 Å². The lowest BCUT2D eigenvalue weighted by molar-refractivity contribution is 0.00470. The highest BCUT2D eigenvalue weighted by molar-refractivity contribution is 4.93. The average Bonchev–Trinajstić information content (AvgIpc) is 2.61. The van der Waals surface area contributed by atoms with E-state index in [0.717, 1.165) is 32.2 Å². The second kappa shape index (κ2) is 6.33. The molecule has 0 aromatic rings. The normalized spacial score (nSPS) is 35.8. The summed E-state index contributed by atoms with van der Waals surface area (Å²) in [7, 11) is 2.20. The second-order valence-electron chi connectivity index (χ2n) is 6.18. The van der Waals surface area contributed by atoms with Crippen LogP contribution < -0.4 is 5.73 Å². The summed E-state index contributed by atoms with van der Waals surface area (Å²) in [6, 6.07) is 0. The molecule has 3 N–H and O–H groups in total. The van der Waals surface area contributed by atoms with Crippen LogP contribution in [0.5, 0.6) is 0 Å². The maximum atomic E-state index is 10.4. The number of nitrogens with zero attached hydrogens (tertiary/aromatic N) is 2. The van der Waals surface area contributed by atoms with Crippen LogP contribution in [0.25, 0.3) is 0 Å². The second-order valence-corrected chi connectivity index (χ2v) is 6.18. The molecule has 2 aliphatic rings. The molecule has 0 bridgehead atoms. The van der Waals surface area contributed by atoms with Gasteiger partial charge in [-0.15, -0.1) is 0 Å². The molecule has 0 spiro atoms. The van der Waals surface area contributed by atoms with Crippen molar-refractivity contribution in [2.45, 2.75) is 37.7 Å².